The Kier molecular flexibility index (Phi) is 5.63. The summed E-state index contributed by atoms with van der Waals surface area (Å²) < 4.78 is 12.7. The summed E-state index contributed by atoms with van der Waals surface area (Å²) in [4.78, 5) is 10.5. The van der Waals surface area contributed by atoms with Gasteiger partial charge in [-0.3, -0.25) is 0 Å². The van der Waals surface area contributed by atoms with E-state index in [2.05, 4.69) is 31.9 Å². The lowest BCUT2D eigenvalue weighted by Gasteiger charge is -2.14. The number of carboxylic acid groups (broad SMARTS) is 1. The van der Waals surface area contributed by atoms with Gasteiger partial charge >= 0.3 is 5.97 Å². The Morgan fingerprint density at radius 3 is 2.70 bits per heavy atom. The number of aliphatic carboxylic acids is 1. The van der Waals surface area contributed by atoms with Crippen molar-refractivity contribution in [2.45, 2.75) is 6.42 Å². The van der Waals surface area contributed by atoms with Crippen molar-refractivity contribution >= 4 is 43.9 Å². The fourth-order valence-corrected chi connectivity index (χ4v) is 3.35. The van der Waals surface area contributed by atoms with Crippen molar-refractivity contribution < 1.29 is 19.4 Å². The van der Waals surface area contributed by atoms with E-state index in [4.69, 9.17) is 14.6 Å². The molecule has 1 unspecified atom stereocenters. The summed E-state index contributed by atoms with van der Waals surface area (Å²) >= 11 is 6.89. The van der Waals surface area contributed by atoms with E-state index in [0.29, 0.717) is 12.5 Å². The van der Waals surface area contributed by atoms with Crippen LogP contribution in [0.4, 0.5) is 0 Å². The van der Waals surface area contributed by atoms with Crippen LogP contribution in [0.25, 0.3) is 6.08 Å². The van der Waals surface area contributed by atoms with Gasteiger partial charge in [0, 0.05) is 18.6 Å². The minimum Gasteiger partial charge on any atom is -0.491 e. The summed E-state index contributed by atoms with van der Waals surface area (Å²) in [6.45, 7) is 2.16. The van der Waals surface area contributed by atoms with Gasteiger partial charge < -0.3 is 14.6 Å². The van der Waals surface area contributed by atoms with Crippen LogP contribution >= 0.6 is 31.9 Å². The zero-order valence-electron chi connectivity index (χ0n) is 10.6. The summed E-state index contributed by atoms with van der Waals surface area (Å²) in [7, 11) is 0. The molecule has 1 aliphatic rings. The van der Waals surface area contributed by atoms with Gasteiger partial charge in [0.05, 0.1) is 22.2 Å². The molecule has 0 amide bonds. The Labute approximate surface area is 134 Å². The van der Waals surface area contributed by atoms with Crippen LogP contribution in [0.5, 0.6) is 5.75 Å². The molecule has 6 heteroatoms. The molecule has 0 bridgehead atoms. The smallest absolute Gasteiger partial charge is 0.328 e. The molecule has 1 heterocycles. The summed E-state index contributed by atoms with van der Waals surface area (Å²) in [6, 6.07) is 3.65. The summed E-state index contributed by atoms with van der Waals surface area (Å²) in [5.41, 5.74) is 0.780. The Morgan fingerprint density at radius 1 is 1.45 bits per heavy atom. The van der Waals surface area contributed by atoms with Gasteiger partial charge in [-0.25, -0.2) is 4.79 Å². The van der Waals surface area contributed by atoms with Crippen molar-refractivity contribution in [1.29, 1.82) is 0 Å². The molecule has 2 rings (SSSR count). The zero-order valence-corrected chi connectivity index (χ0v) is 13.8. The van der Waals surface area contributed by atoms with Gasteiger partial charge in [-0.15, -0.1) is 0 Å². The third kappa shape index (κ3) is 4.33. The second-order valence-electron chi connectivity index (χ2n) is 4.53. The number of ether oxygens (including phenoxy) is 2. The first-order valence-electron chi connectivity index (χ1n) is 6.17. The van der Waals surface area contributed by atoms with Crippen molar-refractivity contribution in [2.75, 3.05) is 19.8 Å². The summed E-state index contributed by atoms with van der Waals surface area (Å²) in [6.07, 6.45) is 3.66. The SMILES string of the molecule is O=C(O)/C=C/c1cc(Br)c(OCC2CCOC2)c(Br)c1. The highest BCUT2D eigenvalue weighted by Gasteiger charge is 2.17. The zero-order chi connectivity index (χ0) is 14.5. The average Bonchev–Trinajstić information content (AvgIpc) is 2.88. The van der Waals surface area contributed by atoms with Crippen LogP contribution in [0.2, 0.25) is 0 Å². The minimum absolute atomic E-state index is 0.431. The molecule has 108 valence electrons. The van der Waals surface area contributed by atoms with E-state index in [1.807, 2.05) is 12.1 Å². The fourth-order valence-electron chi connectivity index (χ4n) is 1.90. The Balaban J connectivity index is 2.07. The molecule has 20 heavy (non-hydrogen) atoms. The molecule has 0 aromatic heterocycles. The first-order chi connectivity index (χ1) is 9.56. The third-order valence-corrected chi connectivity index (χ3v) is 4.10. The molecule has 1 atom stereocenters. The van der Waals surface area contributed by atoms with Gasteiger partial charge in [-0.2, -0.15) is 0 Å². The normalized spacial score (nSPS) is 18.6. The number of benzene rings is 1. The van der Waals surface area contributed by atoms with Crippen molar-refractivity contribution in [3.63, 3.8) is 0 Å². The minimum atomic E-state index is -0.973. The van der Waals surface area contributed by atoms with Gasteiger partial charge in [-0.05, 0) is 62.1 Å². The third-order valence-electron chi connectivity index (χ3n) is 2.93. The van der Waals surface area contributed by atoms with Crippen LogP contribution in [0, 0.1) is 5.92 Å². The van der Waals surface area contributed by atoms with E-state index < -0.39 is 5.97 Å². The highest BCUT2D eigenvalue weighted by Crippen LogP contribution is 2.35. The molecule has 1 N–H and O–H groups in total. The largest absolute Gasteiger partial charge is 0.491 e. The maximum absolute atomic E-state index is 10.5. The molecule has 1 aromatic carbocycles. The fraction of sp³-hybridized carbons (Fsp3) is 0.357. The molecule has 1 aromatic rings. The predicted molar refractivity (Wildman–Crippen MR) is 82.9 cm³/mol. The van der Waals surface area contributed by atoms with Crippen molar-refractivity contribution in [2.24, 2.45) is 5.92 Å². The highest BCUT2D eigenvalue weighted by atomic mass is 79.9. The van der Waals surface area contributed by atoms with Gasteiger partial charge in [0.2, 0.25) is 0 Å². The number of carbonyl (C=O) groups is 1. The Hall–Kier alpha value is -0.850. The Bertz CT molecular complexity index is 499. The molecule has 1 aliphatic heterocycles. The van der Waals surface area contributed by atoms with Crippen LogP contribution < -0.4 is 4.74 Å². The quantitative estimate of drug-likeness (QED) is 0.758. The molecule has 0 radical (unpaired) electrons. The second kappa shape index (κ2) is 7.24. The lowest BCUT2D eigenvalue weighted by molar-refractivity contribution is -0.131. The molecule has 0 aliphatic carbocycles. The lowest BCUT2D eigenvalue weighted by Crippen LogP contribution is -2.12. The van der Waals surface area contributed by atoms with Crippen molar-refractivity contribution in [3.05, 3.63) is 32.7 Å². The molecule has 1 fully saturated rings. The highest BCUT2D eigenvalue weighted by molar-refractivity contribution is 9.11. The lowest BCUT2D eigenvalue weighted by atomic mass is 10.1. The average molecular weight is 406 g/mol. The summed E-state index contributed by atoms with van der Waals surface area (Å²) in [5, 5.41) is 8.63. The standard InChI is InChI=1S/C14H14Br2O4/c15-11-5-9(1-2-13(17)18)6-12(16)14(11)20-8-10-3-4-19-7-10/h1-2,5-6,10H,3-4,7-8H2,(H,17,18)/b2-1+. The molecule has 1 saturated heterocycles. The predicted octanol–water partition coefficient (Wildman–Crippen LogP) is 3.72. The molecule has 0 spiro atoms. The molecule has 0 saturated carbocycles. The monoisotopic (exact) mass is 404 g/mol. The van der Waals surface area contributed by atoms with Crippen molar-refractivity contribution in [3.8, 4) is 5.75 Å². The van der Waals surface area contributed by atoms with Crippen LogP contribution in [-0.4, -0.2) is 30.9 Å². The molecule has 4 nitrogen and oxygen atoms in total. The van der Waals surface area contributed by atoms with E-state index in [1.165, 1.54) is 6.08 Å². The first kappa shape index (κ1) is 15.5. The van der Waals surface area contributed by atoms with E-state index in [0.717, 1.165) is 46.0 Å². The first-order valence-corrected chi connectivity index (χ1v) is 7.75. The van der Waals surface area contributed by atoms with Gasteiger partial charge in [0.25, 0.3) is 0 Å². The maximum Gasteiger partial charge on any atom is 0.328 e. The number of hydrogen-bond acceptors (Lipinski definition) is 3. The van der Waals surface area contributed by atoms with Gasteiger partial charge in [0.1, 0.15) is 5.75 Å². The number of carboxylic acids is 1. The number of rotatable bonds is 5. The van der Waals surface area contributed by atoms with Crippen LogP contribution in [0.1, 0.15) is 12.0 Å². The number of halogens is 2. The topological polar surface area (TPSA) is 55.8 Å². The molecular weight excluding hydrogens is 392 g/mol. The van der Waals surface area contributed by atoms with E-state index in [1.54, 1.807) is 0 Å². The van der Waals surface area contributed by atoms with E-state index in [-0.39, 0.29) is 0 Å². The summed E-state index contributed by atoms with van der Waals surface area (Å²) in [5.74, 6) is 0.184. The van der Waals surface area contributed by atoms with Gasteiger partial charge in [0.15, 0.2) is 0 Å². The van der Waals surface area contributed by atoms with Crippen LogP contribution in [0.15, 0.2) is 27.2 Å². The van der Waals surface area contributed by atoms with Gasteiger partial charge in [-0.1, -0.05) is 0 Å². The van der Waals surface area contributed by atoms with Crippen LogP contribution in [-0.2, 0) is 9.53 Å². The van der Waals surface area contributed by atoms with E-state index >= 15 is 0 Å². The second-order valence-corrected chi connectivity index (χ2v) is 6.23. The molecular formula is C14H14Br2O4. The Morgan fingerprint density at radius 2 is 2.15 bits per heavy atom. The van der Waals surface area contributed by atoms with E-state index in [9.17, 15) is 4.79 Å². The number of hydrogen-bond donors (Lipinski definition) is 1. The van der Waals surface area contributed by atoms with Crippen molar-refractivity contribution in [1.82, 2.24) is 0 Å². The maximum atomic E-state index is 10.5. The van der Waals surface area contributed by atoms with Crippen LogP contribution in [0.3, 0.4) is 0 Å².